The highest BCUT2D eigenvalue weighted by molar-refractivity contribution is 7.21. The number of thiazole rings is 1. The van der Waals surface area contributed by atoms with E-state index < -0.39 is 30.5 Å². The molecule has 0 bridgehead atoms. The summed E-state index contributed by atoms with van der Waals surface area (Å²) in [5, 5.41) is 37.8. The molecule has 0 radical (unpaired) electrons. The van der Waals surface area contributed by atoms with Crippen LogP contribution in [0.4, 0.5) is 24.9 Å². The highest BCUT2D eigenvalue weighted by Gasteiger charge is 2.41. The minimum Gasteiger partial charge on any atom is -0.406 e. The average Bonchev–Trinajstić information content (AvgIpc) is 3.45. The van der Waals surface area contributed by atoms with Gasteiger partial charge in [0.2, 0.25) is 5.95 Å². The lowest BCUT2D eigenvalue weighted by Gasteiger charge is -2.22. The van der Waals surface area contributed by atoms with Crippen molar-refractivity contribution in [1.29, 1.82) is 0 Å². The molecular weight excluding hydrogens is 561 g/mol. The Kier molecular flexibility index (Phi) is 8.01. The van der Waals surface area contributed by atoms with Crippen LogP contribution in [-0.4, -0.2) is 66.5 Å². The number of pyridine rings is 1. The van der Waals surface area contributed by atoms with Gasteiger partial charge in [-0.05, 0) is 51.0 Å². The average molecular weight is 591 g/mol. The second-order valence-electron chi connectivity index (χ2n) is 10.0. The number of aliphatic hydroxyl groups excluding tert-OH is 3. The van der Waals surface area contributed by atoms with E-state index in [0.717, 1.165) is 15.9 Å². The van der Waals surface area contributed by atoms with Crippen molar-refractivity contribution < 1.29 is 33.2 Å². The molecule has 1 aromatic carbocycles. The summed E-state index contributed by atoms with van der Waals surface area (Å²) in [6.45, 7) is 5.21. The summed E-state index contributed by atoms with van der Waals surface area (Å²) in [4.78, 5) is 18.4. The fourth-order valence-electron chi connectivity index (χ4n) is 4.95. The van der Waals surface area contributed by atoms with E-state index in [1.807, 2.05) is 19.9 Å². The maximum absolute atomic E-state index is 12.5. The molecule has 0 aliphatic heterocycles. The number of alkyl halides is 3. The van der Waals surface area contributed by atoms with Crippen molar-refractivity contribution in [2.24, 2.45) is 5.92 Å². The lowest BCUT2D eigenvalue weighted by Crippen LogP contribution is -2.35. The molecule has 1 aliphatic rings. The number of aliphatic hydroxyl groups is 3. The van der Waals surface area contributed by atoms with Crippen LogP contribution in [-0.2, 0) is 0 Å². The van der Waals surface area contributed by atoms with Gasteiger partial charge in [0.05, 0.1) is 39.8 Å². The van der Waals surface area contributed by atoms with E-state index in [0.29, 0.717) is 34.1 Å². The molecule has 3 heterocycles. The Bertz CT molecular complexity index is 1530. The van der Waals surface area contributed by atoms with Gasteiger partial charge in [-0.25, -0.2) is 9.97 Å². The zero-order valence-electron chi connectivity index (χ0n) is 22.3. The molecule has 0 unspecified atom stereocenters. The van der Waals surface area contributed by atoms with Crippen LogP contribution in [0.2, 0.25) is 0 Å². The van der Waals surface area contributed by atoms with Crippen molar-refractivity contribution in [2.75, 3.05) is 17.2 Å². The number of benzene rings is 1. The second kappa shape index (κ2) is 11.4. The fraction of sp³-hybridized carbons (Fsp3) is 0.407. The van der Waals surface area contributed by atoms with Gasteiger partial charge in [0.25, 0.3) is 0 Å². The Morgan fingerprint density at radius 1 is 1.05 bits per heavy atom. The van der Waals surface area contributed by atoms with Crippen LogP contribution in [0, 0.1) is 19.8 Å². The van der Waals surface area contributed by atoms with Crippen molar-refractivity contribution in [3.05, 3.63) is 53.5 Å². The topological polar surface area (TPSA) is 146 Å². The molecule has 5 atom stereocenters. The zero-order chi connectivity index (χ0) is 29.5. The molecule has 41 heavy (non-hydrogen) atoms. The van der Waals surface area contributed by atoms with Gasteiger partial charge in [0.15, 0.2) is 0 Å². The number of aryl methyl sites for hydroxylation is 2. The third-order valence-electron chi connectivity index (χ3n) is 7.11. The van der Waals surface area contributed by atoms with Gasteiger partial charge in [0, 0.05) is 18.7 Å². The number of nitrogens with one attached hydrogen (secondary N) is 2. The summed E-state index contributed by atoms with van der Waals surface area (Å²) in [5.74, 6) is -0.202. The van der Waals surface area contributed by atoms with Gasteiger partial charge in [-0.1, -0.05) is 12.1 Å². The first kappa shape index (κ1) is 28.9. The van der Waals surface area contributed by atoms with Gasteiger partial charge < -0.3 is 30.7 Å². The SMILES string of the molecule is Cc1nc(N[C@H](C)c2ccc(OC(F)(F)F)cc2)nc(N[C@@H]2C[C@@H](CO)[C@@H](O)[C@H]2O)c1-c1nc2c(C)nccc2s1. The Balaban J connectivity index is 1.48. The Morgan fingerprint density at radius 3 is 2.41 bits per heavy atom. The third kappa shape index (κ3) is 6.20. The number of anilines is 2. The molecule has 10 nitrogen and oxygen atoms in total. The van der Waals surface area contributed by atoms with Gasteiger partial charge in [0.1, 0.15) is 28.2 Å². The number of aromatic nitrogens is 4. The highest BCUT2D eigenvalue weighted by Crippen LogP contribution is 2.39. The molecule has 1 fully saturated rings. The summed E-state index contributed by atoms with van der Waals surface area (Å²) >= 11 is 1.44. The number of fused-ring (bicyclic) bond motifs is 1. The first-order valence-corrected chi connectivity index (χ1v) is 13.7. The molecule has 1 aliphatic carbocycles. The van der Waals surface area contributed by atoms with Crippen molar-refractivity contribution in [1.82, 2.24) is 19.9 Å². The zero-order valence-corrected chi connectivity index (χ0v) is 23.2. The van der Waals surface area contributed by atoms with Crippen molar-refractivity contribution >= 4 is 33.3 Å². The molecule has 0 spiro atoms. The van der Waals surface area contributed by atoms with Crippen LogP contribution in [0.5, 0.6) is 5.75 Å². The number of halogens is 3. The van der Waals surface area contributed by atoms with E-state index in [1.54, 1.807) is 13.1 Å². The Labute approximate surface area is 237 Å². The summed E-state index contributed by atoms with van der Waals surface area (Å²) in [6, 6.07) is 6.39. The number of hydrogen-bond acceptors (Lipinski definition) is 11. The molecule has 14 heteroatoms. The smallest absolute Gasteiger partial charge is 0.406 e. The molecule has 3 aromatic heterocycles. The van der Waals surface area contributed by atoms with Crippen LogP contribution in [0.25, 0.3) is 20.8 Å². The quantitative estimate of drug-likeness (QED) is 0.201. The second-order valence-corrected chi connectivity index (χ2v) is 11.0. The number of nitrogens with zero attached hydrogens (tertiary/aromatic N) is 4. The number of ether oxygens (including phenoxy) is 1. The summed E-state index contributed by atoms with van der Waals surface area (Å²) in [6.07, 6.45) is -4.98. The largest absolute Gasteiger partial charge is 0.573 e. The minimum absolute atomic E-state index is 0.238. The molecule has 0 saturated heterocycles. The molecule has 0 amide bonds. The molecule has 1 saturated carbocycles. The molecule has 218 valence electrons. The molecule has 5 N–H and O–H groups in total. The Hall–Kier alpha value is -3.59. The molecule has 4 aromatic rings. The fourth-order valence-corrected chi connectivity index (χ4v) is 6.06. The maximum atomic E-state index is 12.5. The number of rotatable bonds is 8. The van der Waals surface area contributed by atoms with E-state index in [9.17, 15) is 28.5 Å². The molecular formula is C27H29F3N6O4S. The van der Waals surface area contributed by atoms with E-state index in [4.69, 9.17) is 9.97 Å². The first-order chi connectivity index (χ1) is 19.4. The van der Waals surface area contributed by atoms with Gasteiger partial charge in [-0.2, -0.15) is 4.98 Å². The van der Waals surface area contributed by atoms with Crippen LogP contribution in [0.3, 0.4) is 0 Å². The van der Waals surface area contributed by atoms with Crippen molar-refractivity contribution in [3.63, 3.8) is 0 Å². The van der Waals surface area contributed by atoms with E-state index in [2.05, 4.69) is 25.3 Å². The van der Waals surface area contributed by atoms with E-state index in [1.165, 1.54) is 35.6 Å². The van der Waals surface area contributed by atoms with Crippen LogP contribution < -0.4 is 15.4 Å². The molecule has 5 rings (SSSR count). The van der Waals surface area contributed by atoms with Gasteiger partial charge in [-0.3, -0.25) is 4.98 Å². The minimum atomic E-state index is -4.78. The summed E-state index contributed by atoms with van der Waals surface area (Å²) < 4.78 is 42.5. The van der Waals surface area contributed by atoms with Crippen LogP contribution >= 0.6 is 11.3 Å². The highest BCUT2D eigenvalue weighted by atomic mass is 32.1. The third-order valence-corrected chi connectivity index (χ3v) is 8.15. The van der Waals surface area contributed by atoms with Gasteiger partial charge >= 0.3 is 6.36 Å². The Morgan fingerprint density at radius 2 is 1.78 bits per heavy atom. The monoisotopic (exact) mass is 590 g/mol. The number of hydrogen-bond donors (Lipinski definition) is 5. The standard InChI is InChI=1S/C27H29F3N6O4S/c1-12(15-4-6-17(7-5-15)40-27(28,29)30)32-26-33-13(2)20(25-35-21-14(3)31-9-8-19(21)41-25)24(36-26)34-18-10-16(11-37)22(38)23(18)39/h4-9,12,16,18,22-23,37-39H,10-11H2,1-3H3,(H2,32,33,34,36)/t12-,16+,18-,22-,23+/m1/s1. The summed E-state index contributed by atoms with van der Waals surface area (Å²) in [7, 11) is 0. The lowest BCUT2D eigenvalue weighted by molar-refractivity contribution is -0.274. The lowest BCUT2D eigenvalue weighted by atomic mass is 10.1. The van der Waals surface area contributed by atoms with Crippen LogP contribution in [0.1, 0.15) is 36.3 Å². The van der Waals surface area contributed by atoms with Crippen molar-refractivity contribution in [3.8, 4) is 16.3 Å². The van der Waals surface area contributed by atoms with Crippen molar-refractivity contribution in [2.45, 2.75) is 57.8 Å². The predicted molar refractivity (Wildman–Crippen MR) is 148 cm³/mol. The van der Waals surface area contributed by atoms with Gasteiger partial charge in [-0.15, -0.1) is 24.5 Å². The van der Waals surface area contributed by atoms with E-state index >= 15 is 0 Å². The first-order valence-electron chi connectivity index (χ1n) is 12.9. The van der Waals surface area contributed by atoms with E-state index in [-0.39, 0.29) is 24.3 Å². The normalized spacial score (nSPS) is 21.7. The van der Waals surface area contributed by atoms with Crippen LogP contribution in [0.15, 0.2) is 36.5 Å². The maximum Gasteiger partial charge on any atom is 0.573 e. The predicted octanol–water partition coefficient (Wildman–Crippen LogP) is 4.35. The summed E-state index contributed by atoms with van der Waals surface area (Å²) in [5.41, 5.74) is 3.41.